The van der Waals surface area contributed by atoms with Gasteiger partial charge in [-0.3, -0.25) is 4.79 Å². The van der Waals surface area contributed by atoms with Crippen molar-refractivity contribution >= 4 is 17.2 Å². The molecule has 0 radical (unpaired) electrons. The van der Waals surface area contributed by atoms with Gasteiger partial charge in [0.25, 0.3) is 11.5 Å². The van der Waals surface area contributed by atoms with Crippen molar-refractivity contribution in [2.45, 2.75) is 6.92 Å². The molecule has 1 N–H and O–H groups in total. The van der Waals surface area contributed by atoms with Crippen molar-refractivity contribution in [2.24, 2.45) is 0 Å². The van der Waals surface area contributed by atoms with Crippen LogP contribution in [-0.4, -0.2) is 27.9 Å². The van der Waals surface area contributed by atoms with Crippen molar-refractivity contribution in [1.82, 2.24) is 0 Å². The van der Waals surface area contributed by atoms with Crippen LogP contribution in [0.4, 0.5) is 5.69 Å². The Morgan fingerprint density at radius 2 is 1.70 bits per heavy atom. The molecule has 2 aromatic carbocycles. The largest absolute Gasteiger partial charge is 0.618 e. The van der Waals surface area contributed by atoms with Crippen molar-refractivity contribution in [1.29, 1.82) is 0 Å². The second-order valence-corrected chi connectivity index (χ2v) is 4.43. The number of hydrogen-bond acceptors (Lipinski definition) is 3. The Kier molecular flexibility index (Phi) is 4.27. The molecule has 0 atom stereocenters. The quantitative estimate of drug-likeness (QED) is 0.305. The standard InChI is InChI=1S/C16H15NO3/c1-12-7-9-14(10-8-12)17(20)15(11-18)16(19)13-5-3-2-4-6-13/h2-10,18H,11H2,1H3/b17-15+. The van der Waals surface area contributed by atoms with Crippen molar-refractivity contribution in [3.63, 3.8) is 0 Å². The number of aryl methyl sites for hydroxylation is 1. The summed E-state index contributed by atoms with van der Waals surface area (Å²) in [5.74, 6) is -0.469. The highest BCUT2D eigenvalue weighted by atomic mass is 16.5. The zero-order valence-electron chi connectivity index (χ0n) is 11.1. The smallest absolute Gasteiger partial charge is 0.267 e. The van der Waals surface area contributed by atoms with Crippen molar-refractivity contribution in [3.8, 4) is 0 Å². The number of aliphatic hydroxyl groups is 1. The zero-order valence-corrected chi connectivity index (χ0v) is 11.1. The number of rotatable bonds is 4. The topological polar surface area (TPSA) is 63.4 Å². The Balaban J connectivity index is 2.42. The minimum absolute atomic E-state index is 0.194. The maximum atomic E-state index is 12.2. The maximum absolute atomic E-state index is 12.2. The highest BCUT2D eigenvalue weighted by Gasteiger charge is 2.22. The third-order valence-electron chi connectivity index (χ3n) is 2.96. The molecule has 102 valence electrons. The maximum Gasteiger partial charge on any atom is 0.267 e. The SMILES string of the molecule is Cc1ccc(/[N+]([O-])=C(/CO)C(=O)c2ccccc2)cc1. The molecule has 0 unspecified atom stereocenters. The first-order valence-electron chi connectivity index (χ1n) is 6.24. The van der Waals surface area contributed by atoms with Crippen LogP contribution in [0.2, 0.25) is 0 Å². The monoisotopic (exact) mass is 269 g/mol. The van der Waals surface area contributed by atoms with E-state index in [1.807, 2.05) is 6.92 Å². The van der Waals surface area contributed by atoms with E-state index in [4.69, 9.17) is 0 Å². The summed E-state index contributed by atoms with van der Waals surface area (Å²) >= 11 is 0. The van der Waals surface area contributed by atoms with Crippen LogP contribution < -0.4 is 0 Å². The van der Waals surface area contributed by atoms with E-state index in [0.29, 0.717) is 16.0 Å². The minimum Gasteiger partial charge on any atom is -0.618 e. The lowest BCUT2D eigenvalue weighted by Gasteiger charge is -2.08. The number of aliphatic hydroxyl groups excluding tert-OH is 1. The summed E-state index contributed by atoms with van der Waals surface area (Å²) in [5.41, 5.74) is 1.52. The van der Waals surface area contributed by atoms with Crippen LogP contribution >= 0.6 is 0 Å². The van der Waals surface area contributed by atoms with Crippen LogP contribution in [0.25, 0.3) is 0 Å². The van der Waals surface area contributed by atoms with E-state index < -0.39 is 12.4 Å². The second kappa shape index (κ2) is 6.12. The molecule has 4 nitrogen and oxygen atoms in total. The van der Waals surface area contributed by atoms with Gasteiger partial charge in [-0.2, -0.15) is 4.74 Å². The van der Waals surface area contributed by atoms with Crippen LogP contribution in [0.5, 0.6) is 0 Å². The summed E-state index contributed by atoms with van der Waals surface area (Å²) in [6.07, 6.45) is 0. The van der Waals surface area contributed by atoms with Gasteiger partial charge in [0.15, 0.2) is 0 Å². The van der Waals surface area contributed by atoms with Gasteiger partial charge in [-0.25, -0.2) is 0 Å². The van der Waals surface area contributed by atoms with E-state index in [-0.39, 0.29) is 5.71 Å². The number of Topliss-reactive ketones (excluding diaryl/α,β-unsaturated/α-hetero) is 1. The third-order valence-corrected chi connectivity index (χ3v) is 2.96. The molecule has 0 saturated carbocycles. The van der Waals surface area contributed by atoms with Gasteiger partial charge in [-0.05, 0) is 6.92 Å². The number of ketones is 1. The summed E-state index contributed by atoms with van der Waals surface area (Å²) in [7, 11) is 0. The molecule has 0 saturated heterocycles. The molecule has 0 aliphatic rings. The average Bonchev–Trinajstić information content (AvgIpc) is 2.49. The van der Waals surface area contributed by atoms with Gasteiger partial charge in [0.1, 0.15) is 6.61 Å². The fourth-order valence-corrected chi connectivity index (χ4v) is 1.82. The number of benzene rings is 2. The normalized spacial score (nSPS) is 11.9. The summed E-state index contributed by atoms with van der Waals surface area (Å²) in [6, 6.07) is 15.2. The lowest BCUT2D eigenvalue weighted by atomic mass is 10.1. The molecular weight excluding hydrogens is 254 g/mol. The lowest BCUT2D eigenvalue weighted by molar-refractivity contribution is -0.361. The Hall–Kier alpha value is -2.46. The van der Waals surface area contributed by atoms with E-state index in [1.165, 1.54) is 0 Å². The molecule has 20 heavy (non-hydrogen) atoms. The van der Waals surface area contributed by atoms with Gasteiger partial charge in [0.2, 0.25) is 5.69 Å². The van der Waals surface area contributed by atoms with Gasteiger partial charge in [0.05, 0.1) is 0 Å². The Labute approximate surface area is 117 Å². The predicted octanol–water partition coefficient (Wildman–Crippen LogP) is 2.45. The van der Waals surface area contributed by atoms with Crippen LogP contribution in [-0.2, 0) is 0 Å². The van der Waals surface area contributed by atoms with Crippen molar-refractivity contribution < 1.29 is 14.6 Å². The van der Waals surface area contributed by atoms with Crippen LogP contribution in [0.1, 0.15) is 15.9 Å². The summed E-state index contributed by atoms with van der Waals surface area (Å²) in [4.78, 5) is 12.2. The Morgan fingerprint density at radius 3 is 2.25 bits per heavy atom. The molecule has 2 aromatic rings. The third kappa shape index (κ3) is 2.92. The Bertz CT molecular complexity index is 631. The first-order chi connectivity index (χ1) is 9.63. The van der Waals surface area contributed by atoms with Crippen LogP contribution in [0.15, 0.2) is 54.6 Å². The number of carbonyl (C=O) groups is 1. The van der Waals surface area contributed by atoms with E-state index in [0.717, 1.165) is 5.56 Å². The summed E-state index contributed by atoms with van der Waals surface area (Å²) < 4.78 is 0.481. The molecule has 0 aliphatic heterocycles. The molecule has 0 aliphatic carbocycles. The fourth-order valence-electron chi connectivity index (χ4n) is 1.82. The van der Waals surface area contributed by atoms with Gasteiger partial charge in [-0.1, -0.05) is 48.0 Å². The minimum atomic E-state index is -0.606. The molecule has 0 aromatic heterocycles. The van der Waals surface area contributed by atoms with Crippen LogP contribution in [0, 0.1) is 12.1 Å². The summed E-state index contributed by atoms with van der Waals surface area (Å²) in [5, 5.41) is 21.5. The molecular formula is C16H15NO3. The zero-order chi connectivity index (χ0) is 14.5. The number of hydrogen-bond donors (Lipinski definition) is 1. The van der Waals surface area contributed by atoms with E-state index >= 15 is 0 Å². The van der Waals surface area contributed by atoms with E-state index in [1.54, 1.807) is 54.6 Å². The van der Waals surface area contributed by atoms with Gasteiger partial charge >= 0.3 is 0 Å². The lowest BCUT2D eigenvalue weighted by Crippen LogP contribution is -2.26. The van der Waals surface area contributed by atoms with Crippen molar-refractivity contribution in [2.75, 3.05) is 6.61 Å². The van der Waals surface area contributed by atoms with Gasteiger partial charge in [-0.15, -0.1) is 0 Å². The Morgan fingerprint density at radius 1 is 1.10 bits per heavy atom. The van der Waals surface area contributed by atoms with Crippen molar-refractivity contribution in [3.05, 3.63) is 70.9 Å². The van der Waals surface area contributed by atoms with Gasteiger partial charge < -0.3 is 10.3 Å². The van der Waals surface area contributed by atoms with Crippen LogP contribution in [0.3, 0.4) is 0 Å². The summed E-state index contributed by atoms with van der Waals surface area (Å²) in [6.45, 7) is 1.30. The molecule has 0 heterocycles. The molecule has 0 spiro atoms. The molecule has 2 rings (SSSR count). The highest BCUT2D eigenvalue weighted by Crippen LogP contribution is 2.13. The second-order valence-electron chi connectivity index (χ2n) is 4.43. The molecule has 0 fully saturated rings. The predicted molar refractivity (Wildman–Crippen MR) is 77.3 cm³/mol. The van der Waals surface area contributed by atoms with E-state index in [9.17, 15) is 15.1 Å². The van der Waals surface area contributed by atoms with E-state index in [2.05, 4.69) is 0 Å². The first-order valence-corrected chi connectivity index (χ1v) is 6.24. The number of carbonyl (C=O) groups excluding carboxylic acids is 1. The number of nitrogens with zero attached hydrogens (tertiary/aromatic N) is 1. The molecule has 0 bridgehead atoms. The first kappa shape index (κ1) is 14.0. The van der Waals surface area contributed by atoms with Gasteiger partial charge in [0, 0.05) is 17.7 Å². The average molecular weight is 269 g/mol. The molecule has 4 heteroatoms. The highest BCUT2D eigenvalue weighted by molar-refractivity contribution is 6.44. The molecule has 0 amide bonds. The fraction of sp³-hybridized carbons (Fsp3) is 0.125.